The molecule has 3 heteroatoms. The molecular weight excluding hydrogens is 310 g/mol. The molecule has 0 spiro atoms. The van der Waals surface area contributed by atoms with Crippen molar-refractivity contribution >= 4 is 5.91 Å². The van der Waals surface area contributed by atoms with Crippen molar-refractivity contribution in [1.29, 1.82) is 0 Å². The molecule has 1 unspecified atom stereocenters. The number of amides is 1. The van der Waals surface area contributed by atoms with E-state index in [1.807, 2.05) is 72.6 Å². The van der Waals surface area contributed by atoms with Gasteiger partial charge in [-0.25, -0.2) is 0 Å². The summed E-state index contributed by atoms with van der Waals surface area (Å²) in [7, 11) is 1.91. The Morgan fingerprint density at radius 1 is 1.04 bits per heavy atom. The molecule has 0 aromatic heterocycles. The molecule has 1 atom stereocenters. The van der Waals surface area contributed by atoms with Crippen LogP contribution in [-0.4, -0.2) is 37.1 Å². The van der Waals surface area contributed by atoms with Gasteiger partial charge in [0.15, 0.2) is 0 Å². The molecule has 0 N–H and O–H groups in total. The van der Waals surface area contributed by atoms with Crippen LogP contribution in [0.4, 0.5) is 0 Å². The van der Waals surface area contributed by atoms with Crippen LogP contribution in [0.15, 0.2) is 60.7 Å². The molecule has 1 saturated heterocycles. The highest BCUT2D eigenvalue weighted by atomic mass is 16.5. The number of hydrogen-bond donors (Lipinski definition) is 0. The lowest BCUT2D eigenvalue weighted by molar-refractivity contribution is -0.131. The summed E-state index contributed by atoms with van der Waals surface area (Å²) in [5.74, 6) is -0.104. The Hall–Kier alpha value is -2.13. The minimum atomic E-state index is -0.250. The molecule has 0 bridgehead atoms. The Labute approximate surface area is 150 Å². The summed E-state index contributed by atoms with van der Waals surface area (Å²) in [6.07, 6.45) is 4.73. The highest BCUT2D eigenvalue weighted by molar-refractivity contribution is 5.87. The van der Waals surface area contributed by atoms with Crippen LogP contribution in [0.1, 0.15) is 42.7 Å². The number of hydrogen-bond acceptors (Lipinski definition) is 2. The zero-order chi connectivity index (χ0) is 17.5. The van der Waals surface area contributed by atoms with Gasteiger partial charge in [0.1, 0.15) is 0 Å². The summed E-state index contributed by atoms with van der Waals surface area (Å²) in [5.41, 5.74) is 2.08. The van der Waals surface area contributed by atoms with Crippen LogP contribution >= 0.6 is 0 Å². The van der Waals surface area contributed by atoms with Crippen LogP contribution in [0.2, 0.25) is 0 Å². The van der Waals surface area contributed by atoms with Crippen molar-refractivity contribution in [3.8, 4) is 0 Å². The molecule has 25 heavy (non-hydrogen) atoms. The predicted molar refractivity (Wildman–Crippen MR) is 101 cm³/mol. The first-order chi connectivity index (χ1) is 12.3. The van der Waals surface area contributed by atoms with Crippen LogP contribution in [0.25, 0.3) is 0 Å². The van der Waals surface area contributed by atoms with E-state index < -0.39 is 0 Å². The van der Waals surface area contributed by atoms with Crippen LogP contribution in [0.5, 0.6) is 0 Å². The number of benzene rings is 2. The molecule has 0 radical (unpaired) electrons. The molecule has 1 heterocycles. The van der Waals surface area contributed by atoms with Gasteiger partial charge in [0, 0.05) is 20.2 Å². The van der Waals surface area contributed by atoms with E-state index >= 15 is 0 Å². The third kappa shape index (κ3) is 4.70. The van der Waals surface area contributed by atoms with Gasteiger partial charge in [0.2, 0.25) is 5.91 Å². The average molecular weight is 337 g/mol. The third-order valence-corrected chi connectivity index (χ3v) is 4.95. The summed E-state index contributed by atoms with van der Waals surface area (Å²) >= 11 is 0. The molecule has 2 aromatic carbocycles. The number of rotatable bonds is 6. The Morgan fingerprint density at radius 2 is 1.64 bits per heavy atom. The molecule has 0 aliphatic carbocycles. The molecule has 3 nitrogen and oxygen atoms in total. The number of nitrogens with zero attached hydrogens (tertiary/aromatic N) is 1. The van der Waals surface area contributed by atoms with Gasteiger partial charge >= 0.3 is 0 Å². The fourth-order valence-corrected chi connectivity index (χ4v) is 3.47. The van der Waals surface area contributed by atoms with Crippen molar-refractivity contribution in [3.05, 3.63) is 71.8 Å². The minimum Gasteiger partial charge on any atom is -0.378 e. The molecule has 0 saturated carbocycles. The maximum atomic E-state index is 13.2. The fraction of sp³-hybridized carbons (Fsp3) is 0.409. The van der Waals surface area contributed by atoms with E-state index in [1.54, 1.807) is 0 Å². The van der Waals surface area contributed by atoms with Crippen molar-refractivity contribution < 1.29 is 9.53 Å². The largest absolute Gasteiger partial charge is 0.378 e. The van der Waals surface area contributed by atoms with Crippen LogP contribution in [0.3, 0.4) is 0 Å². The first-order valence-corrected chi connectivity index (χ1v) is 9.22. The first kappa shape index (κ1) is 17.7. The van der Waals surface area contributed by atoms with E-state index in [-0.39, 0.29) is 11.8 Å². The predicted octanol–water partition coefficient (Wildman–Crippen LogP) is 4.24. The van der Waals surface area contributed by atoms with E-state index in [1.165, 1.54) is 6.42 Å². The second-order valence-corrected chi connectivity index (χ2v) is 6.79. The lowest BCUT2D eigenvalue weighted by Crippen LogP contribution is -2.35. The highest BCUT2D eigenvalue weighted by Crippen LogP contribution is 2.27. The number of likely N-dealkylation sites (N-methyl/N-ethyl adjacent to an activating group) is 1. The standard InChI is InChI=1S/C22H27NO2/c1-23(16-15-20-14-8-9-17-25-20)22(24)21(18-10-4-2-5-11-18)19-12-6-3-7-13-19/h2-7,10-13,20-21H,8-9,14-17H2,1H3. The van der Waals surface area contributed by atoms with Crippen molar-refractivity contribution in [3.63, 3.8) is 0 Å². The quantitative estimate of drug-likeness (QED) is 0.789. The maximum Gasteiger partial charge on any atom is 0.234 e. The van der Waals surface area contributed by atoms with Gasteiger partial charge in [-0.15, -0.1) is 0 Å². The lowest BCUT2D eigenvalue weighted by Gasteiger charge is -2.28. The molecule has 1 aliphatic heterocycles. The summed E-state index contributed by atoms with van der Waals surface area (Å²) in [6, 6.07) is 20.1. The summed E-state index contributed by atoms with van der Waals surface area (Å²) in [5, 5.41) is 0. The van der Waals surface area contributed by atoms with Crippen molar-refractivity contribution in [2.24, 2.45) is 0 Å². The third-order valence-electron chi connectivity index (χ3n) is 4.95. The Bertz CT molecular complexity index is 611. The SMILES string of the molecule is CN(CCC1CCCCO1)C(=O)C(c1ccccc1)c1ccccc1. The van der Waals surface area contributed by atoms with E-state index in [0.29, 0.717) is 6.10 Å². The second kappa shape index (κ2) is 8.82. The number of ether oxygens (including phenoxy) is 1. The topological polar surface area (TPSA) is 29.5 Å². The van der Waals surface area contributed by atoms with Gasteiger partial charge < -0.3 is 9.64 Å². The summed E-state index contributed by atoms with van der Waals surface area (Å²) < 4.78 is 5.80. The highest BCUT2D eigenvalue weighted by Gasteiger charge is 2.26. The van der Waals surface area contributed by atoms with Gasteiger partial charge in [0.05, 0.1) is 12.0 Å². The van der Waals surface area contributed by atoms with Crippen LogP contribution in [-0.2, 0) is 9.53 Å². The average Bonchev–Trinajstić information content (AvgIpc) is 2.69. The van der Waals surface area contributed by atoms with E-state index in [9.17, 15) is 4.79 Å². The zero-order valence-corrected chi connectivity index (χ0v) is 14.9. The smallest absolute Gasteiger partial charge is 0.234 e. The Kier molecular flexibility index (Phi) is 6.24. The molecule has 1 fully saturated rings. The van der Waals surface area contributed by atoms with Crippen molar-refractivity contribution in [1.82, 2.24) is 4.90 Å². The molecule has 132 valence electrons. The molecular formula is C22H27NO2. The maximum absolute atomic E-state index is 13.2. The van der Waals surface area contributed by atoms with E-state index in [2.05, 4.69) is 0 Å². The summed E-state index contributed by atoms with van der Waals surface area (Å²) in [4.78, 5) is 15.1. The number of carbonyl (C=O) groups is 1. The van der Waals surface area contributed by atoms with Crippen molar-refractivity contribution in [2.75, 3.05) is 20.2 Å². The van der Waals surface area contributed by atoms with Gasteiger partial charge in [-0.05, 0) is 36.8 Å². The monoisotopic (exact) mass is 337 g/mol. The second-order valence-electron chi connectivity index (χ2n) is 6.79. The normalized spacial score (nSPS) is 17.4. The minimum absolute atomic E-state index is 0.146. The van der Waals surface area contributed by atoms with Gasteiger partial charge in [0.25, 0.3) is 0 Å². The zero-order valence-electron chi connectivity index (χ0n) is 14.9. The fourth-order valence-electron chi connectivity index (χ4n) is 3.47. The van der Waals surface area contributed by atoms with Crippen LogP contribution < -0.4 is 0 Å². The van der Waals surface area contributed by atoms with Crippen molar-refractivity contribution in [2.45, 2.75) is 37.7 Å². The Morgan fingerprint density at radius 3 is 2.16 bits per heavy atom. The van der Waals surface area contributed by atoms with E-state index in [0.717, 1.165) is 43.5 Å². The molecule has 1 aliphatic rings. The summed E-state index contributed by atoms with van der Waals surface area (Å²) in [6.45, 7) is 1.60. The first-order valence-electron chi connectivity index (χ1n) is 9.22. The lowest BCUT2D eigenvalue weighted by atomic mass is 9.90. The van der Waals surface area contributed by atoms with Gasteiger partial charge in [-0.1, -0.05) is 60.7 Å². The van der Waals surface area contributed by atoms with Gasteiger partial charge in [-0.3, -0.25) is 4.79 Å². The molecule has 2 aromatic rings. The Balaban J connectivity index is 1.72. The van der Waals surface area contributed by atoms with Gasteiger partial charge in [-0.2, -0.15) is 0 Å². The molecule has 3 rings (SSSR count). The number of carbonyl (C=O) groups excluding carboxylic acids is 1. The van der Waals surface area contributed by atoms with Crippen LogP contribution in [0, 0.1) is 0 Å². The van der Waals surface area contributed by atoms with E-state index in [4.69, 9.17) is 4.74 Å². The molecule has 1 amide bonds.